The first-order chi connectivity index (χ1) is 15.2. The molecule has 0 spiro atoms. The number of nitrogens with zero attached hydrogens (tertiary/aromatic N) is 2. The number of hydrogen-bond donors (Lipinski definition) is 1. The smallest absolute Gasteiger partial charge is 0.271 e. The van der Waals surface area contributed by atoms with Gasteiger partial charge in [0.05, 0.1) is 22.6 Å². The number of amides is 1. The first-order valence-corrected chi connectivity index (χ1v) is 10.9. The van der Waals surface area contributed by atoms with E-state index < -0.39 is 27.4 Å². The van der Waals surface area contributed by atoms with Crippen molar-refractivity contribution >= 4 is 33.0 Å². The molecule has 0 aromatic heterocycles. The minimum absolute atomic E-state index is 0.0120. The molecular weight excluding hydrogens is 434 g/mol. The molecule has 3 aromatic rings. The van der Waals surface area contributed by atoms with Crippen molar-refractivity contribution in [1.82, 2.24) is 0 Å². The second kappa shape index (κ2) is 9.48. The SMILES string of the molecule is COc1ccc(S(=O)(=O)N(CC(=O)Nc2cccc([N+](=O)[O-])c2)c2ccc(C)cc2)cc1. The van der Waals surface area contributed by atoms with Gasteiger partial charge in [-0.15, -0.1) is 0 Å². The lowest BCUT2D eigenvalue weighted by Gasteiger charge is -2.24. The minimum atomic E-state index is -4.09. The Morgan fingerprint density at radius 2 is 1.72 bits per heavy atom. The number of benzene rings is 3. The van der Waals surface area contributed by atoms with Gasteiger partial charge in [0.1, 0.15) is 12.3 Å². The number of carbonyl (C=O) groups is 1. The normalized spacial score (nSPS) is 10.9. The monoisotopic (exact) mass is 455 g/mol. The van der Waals surface area contributed by atoms with Gasteiger partial charge in [0.25, 0.3) is 15.7 Å². The van der Waals surface area contributed by atoms with E-state index in [9.17, 15) is 23.3 Å². The lowest BCUT2D eigenvalue weighted by molar-refractivity contribution is -0.384. The third kappa shape index (κ3) is 5.22. The van der Waals surface area contributed by atoms with Crippen LogP contribution in [-0.4, -0.2) is 32.9 Å². The number of nitro benzene ring substituents is 1. The Labute approximate surface area is 185 Å². The number of ether oxygens (including phenoxy) is 1. The van der Waals surface area contributed by atoms with Crippen molar-refractivity contribution in [2.24, 2.45) is 0 Å². The lowest BCUT2D eigenvalue weighted by atomic mass is 10.2. The maximum absolute atomic E-state index is 13.4. The van der Waals surface area contributed by atoms with Crippen molar-refractivity contribution in [3.8, 4) is 5.75 Å². The zero-order valence-electron chi connectivity index (χ0n) is 17.4. The van der Waals surface area contributed by atoms with E-state index in [1.54, 1.807) is 24.3 Å². The molecule has 166 valence electrons. The summed E-state index contributed by atoms with van der Waals surface area (Å²) >= 11 is 0. The lowest BCUT2D eigenvalue weighted by Crippen LogP contribution is -2.38. The van der Waals surface area contributed by atoms with Crippen molar-refractivity contribution in [1.29, 1.82) is 0 Å². The predicted molar refractivity (Wildman–Crippen MR) is 120 cm³/mol. The van der Waals surface area contributed by atoms with Crippen LogP contribution in [0, 0.1) is 17.0 Å². The zero-order valence-corrected chi connectivity index (χ0v) is 18.2. The van der Waals surface area contributed by atoms with Crippen molar-refractivity contribution in [2.45, 2.75) is 11.8 Å². The van der Waals surface area contributed by atoms with Crippen LogP contribution in [0.25, 0.3) is 0 Å². The number of anilines is 2. The van der Waals surface area contributed by atoms with E-state index in [1.165, 1.54) is 55.6 Å². The van der Waals surface area contributed by atoms with Crippen LogP contribution in [0.4, 0.5) is 17.1 Å². The van der Waals surface area contributed by atoms with Crippen molar-refractivity contribution in [3.05, 3.63) is 88.5 Å². The number of carbonyl (C=O) groups excluding carboxylic acids is 1. The van der Waals surface area contributed by atoms with Gasteiger partial charge in [0.2, 0.25) is 5.91 Å². The Balaban J connectivity index is 1.92. The van der Waals surface area contributed by atoms with E-state index in [0.717, 1.165) is 9.87 Å². The molecule has 32 heavy (non-hydrogen) atoms. The highest BCUT2D eigenvalue weighted by atomic mass is 32.2. The molecule has 0 saturated carbocycles. The molecule has 10 heteroatoms. The van der Waals surface area contributed by atoms with Gasteiger partial charge in [0, 0.05) is 17.8 Å². The molecule has 0 saturated heterocycles. The Hall–Kier alpha value is -3.92. The summed E-state index contributed by atoms with van der Waals surface area (Å²) in [6.45, 7) is 1.33. The van der Waals surface area contributed by atoms with Gasteiger partial charge in [-0.25, -0.2) is 8.42 Å². The molecule has 1 N–H and O–H groups in total. The summed E-state index contributed by atoms with van der Waals surface area (Å²) in [5.74, 6) is -0.155. The third-order valence-corrected chi connectivity index (χ3v) is 6.39. The third-order valence-electron chi connectivity index (χ3n) is 4.60. The van der Waals surface area contributed by atoms with E-state index in [4.69, 9.17) is 4.74 Å². The molecule has 0 aliphatic rings. The average Bonchev–Trinajstić information content (AvgIpc) is 2.78. The fourth-order valence-corrected chi connectivity index (χ4v) is 4.35. The number of aryl methyl sites for hydroxylation is 1. The predicted octanol–water partition coefficient (Wildman–Crippen LogP) is 3.75. The molecule has 3 rings (SSSR count). The van der Waals surface area contributed by atoms with Crippen molar-refractivity contribution in [2.75, 3.05) is 23.3 Å². The standard InChI is InChI=1S/C22H21N3O6S/c1-16-6-8-18(9-7-16)24(32(29,30)21-12-10-20(31-2)11-13-21)15-22(26)23-17-4-3-5-19(14-17)25(27)28/h3-14H,15H2,1-2H3,(H,23,26). The topological polar surface area (TPSA) is 119 Å². The molecule has 9 nitrogen and oxygen atoms in total. The summed E-state index contributed by atoms with van der Waals surface area (Å²) in [5.41, 5.74) is 1.23. The summed E-state index contributed by atoms with van der Waals surface area (Å²) in [4.78, 5) is 23.1. The molecule has 0 fully saturated rings. The summed E-state index contributed by atoms with van der Waals surface area (Å²) < 4.78 is 32.8. The average molecular weight is 455 g/mol. The fourth-order valence-electron chi connectivity index (χ4n) is 2.93. The van der Waals surface area contributed by atoms with Crippen LogP contribution in [0.3, 0.4) is 0 Å². The first-order valence-electron chi connectivity index (χ1n) is 9.48. The van der Waals surface area contributed by atoms with Crippen LogP contribution >= 0.6 is 0 Å². The highest BCUT2D eigenvalue weighted by Gasteiger charge is 2.27. The fraction of sp³-hybridized carbons (Fsp3) is 0.136. The Morgan fingerprint density at radius 3 is 2.31 bits per heavy atom. The highest BCUT2D eigenvalue weighted by Crippen LogP contribution is 2.26. The summed E-state index contributed by atoms with van der Waals surface area (Å²) in [6, 6.07) is 17.9. The van der Waals surface area contributed by atoms with E-state index in [0.29, 0.717) is 11.4 Å². The van der Waals surface area contributed by atoms with E-state index in [2.05, 4.69) is 5.32 Å². The summed E-state index contributed by atoms with van der Waals surface area (Å²) in [7, 11) is -2.62. The van der Waals surface area contributed by atoms with Gasteiger partial charge in [-0.1, -0.05) is 23.8 Å². The minimum Gasteiger partial charge on any atom is -0.497 e. The van der Waals surface area contributed by atoms with Crippen LogP contribution in [0.15, 0.2) is 77.7 Å². The quantitative estimate of drug-likeness (QED) is 0.408. The van der Waals surface area contributed by atoms with Crippen molar-refractivity contribution in [3.63, 3.8) is 0 Å². The number of rotatable bonds is 8. The molecule has 3 aromatic carbocycles. The van der Waals surface area contributed by atoms with Gasteiger partial charge >= 0.3 is 0 Å². The number of hydrogen-bond acceptors (Lipinski definition) is 6. The van der Waals surface area contributed by atoms with Gasteiger partial charge in [-0.05, 0) is 49.4 Å². The molecule has 0 radical (unpaired) electrons. The Bertz CT molecular complexity index is 1230. The van der Waals surface area contributed by atoms with Crippen LogP contribution in [0.2, 0.25) is 0 Å². The Morgan fingerprint density at radius 1 is 1.06 bits per heavy atom. The first kappa shape index (κ1) is 22.8. The largest absolute Gasteiger partial charge is 0.497 e. The van der Waals surface area contributed by atoms with Crippen LogP contribution in [-0.2, 0) is 14.8 Å². The molecular formula is C22H21N3O6S. The van der Waals surface area contributed by atoms with E-state index >= 15 is 0 Å². The number of sulfonamides is 1. The van der Waals surface area contributed by atoms with E-state index in [-0.39, 0.29) is 16.3 Å². The van der Waals surface area contributed by atoms with Crippen LogP contribution in [0.5, 0.6) is 5.75 Å². The van der Waals surface area contributed by atoms with Gasteiger partial charge < -0.3 is 10.1 Å². The number of nitrogens with one attached hydrogen (secondary N) is 1. The second-order valence-electron chi connectivity index (χ2n) is 6.88. The van der Waals surface area contributed by atoms with Gasteiger partial charge in [0.15, 0.2) is 0 Å². The zero-order chi connectivity index (χ0) is 23.3. The van der Waals surface area contributed by atoms with Gasteiger partial charge in [-0.2, -0.15) is 0 Å². The molecule has 0 aliphatic carbocycles. The molecule has 0 aliphatic heterocycles. The second-order valence-corrected chi connectivity index (χ2v) is 8.74. The molecule has 0 atom stereocenters. The Kier molecular flexibility index (Phi) is 6.74. The maximum Gasteiger partial charge on any atom is 0.271 e. The highest BCUT2D eigenvalue weighted by molar-refractivity contribution is 7.92. The number of nitro groups is 1. The summed E-state index contributed by atoms with van der Waals surface area (Å²) in [5, 5.41) is 13.5. The van der Waals surface area contributed by atoms with E-state index in [1.807, 2.05) is 6.92 Å². The van der Waals surface area contributed by atoms with Crippen molar-refractivity contribution < 1.29 is 22.9 Å². The van der Waals surface area contributed by atoms with Crippen LogP contribution < -0.4 is 14.4 Å². The molecule has 0 bridgehead atoms. The summed E-state index contributed by atoms with van der Waals surface area (Å²) in [6.07, 6.45) is 0. The van der Waals surface area contributed by atoms with Gasteiger partial charge in [-0.3, -0.25) is 19.2 Å². The van der Waals surface area contributed by atoms with Crippen LogP contribution in [0.1, 0.15) is 5.56 Å². The number of non-ortho nitro benzene ring substituents is 1. The molecule has 0 unspecified atom stereocenters. The molecule has 0 heterocycles. The maximum atomic E-state index is 13.4. The number of methoxy groups -OCH3 is 1. The molecule has 1 amide bonds.